The first-order valence-electron chi connectivity index (χ1n) is 8.98. The van der Waals surface area contributed by atoms with Gasteiger partial charge in [0.15, 0.2) is 11.5 Å². The molecule has 3 aromatic rings. The molecule has 140 valence electrons. The minimum Gasteiger partial charge on any atom is -0.348 e. The number of aromatic nitrogens is 5. The van der Waals surface area contributed by atoms with Gasteiger partial charge in [-0.15, -0.1) is 0 Å². The van der Waals surface area contributed by atoms with Gasteiger partial charge < -0.3 is 9.80 Å². The number of fused-ring (bicyclic) bond motifs is 1. The fourth-order valence-electron chi connectivity index (χ4n) is 3.28. The molecule has 0 aromatic carbocycles. The van der Waals surface area contributed by atoms with Crippen molar-refractivity contribution in [1.82, 2.24) is 29.2 Å². The van der Waals surface area contributed by atoms with Crippen LogP contribution in [-0.4, -0.2) is 61.3 Å². The van der Waals surface area contributed by atoms with Gasteiger partial charge in [0.1, 0.15) is 11.2 Å². The van der Waals surface area contributed by atoms with Crippen LogP contribution in [-0.2, 0) is 13.6 Å². The lowest BCUT2D eigenvalue weighted by molar-refractivity contribution is 0.0739. The van der Waals surface area contributed by atoms with Crippen LogP contribution < -0.4 is 10.5 Å². The second-order valence-electron chi connectivity index (χ2n) is 6.48. The van der Waals surface area contributed by atoms with E-state index in [1.807, 2.05) is 17.9 Å². The average molecular weight is 367 g/mol. The number of pyridine rings is 1. The molecule has 0 radical (unpaired) electrons. The Labute approximate surface area is 155 Å². The first-order chi connectivity index (χ1) is 13.1. The molecule has 0 atom stereocenters. The number of rotatable bonds is 3. The van der Waals surface area contributed by atoms with Crippen LogP contribution in [0, 0.1) is 0 Å². The molecular formula is C18H21N7O2. The lowest BCUT2D eigenvalue weighted by Gasteiger charge is -2.34. The first kappa shape index (κ1) is 17.2. The van der Waals surface area contributed by atoms with Gasteiger partial charge in [0, 0.05) is 52.2 Å². The topological polar surface area (TPSA) is 89.2 Å². The van der Waals surface area contributed by atoms with E-state index in [0.717, 1.165) is 6.54 Å². The van der Waals surface area contributed by atoms with Crippen molar-refractivity contribution in [1.29, 1.82) is 0 Å². The van der Waals surface area contributed by atoms with Crippen LogP contribution in [0.3, 0.4) is 0 Å². The maximum absolute atomic E-state index is 12.7. The zero-order valence-corrected chi connectivity index (χ0v) is 15.4. The van der Waals surface area contributed by atoms with E-state index in [4.69, 9.17) is 0 Å². The molecule has 1 fully saturated rings. The van der Waals surface area contributed by atoms with Gasteiger partial charge >= 0.3 is 0 Å². The Morgan fingerprint density at radius 3 is 2.67 bits per heavy atom. The lowest BCUT2D eigenvalue weighted by atomic mass is 10.2. The normalized spacial score (nSPS) is 14.7. The summed E-state index contributed by atoms with van der Waals surface area (Å²) in [5.74, 6) is 0.325. The summed E-state index contributed by atoms with van der Waals surface area (Å²) in [6.45, 7) is 4.85. The fraction of sp³-hybridized carbons (Fsp3) is 0.389. The molecular weight excluding hydrogens is 346 g/mol. The van der Waals surface area contributed by atoms with Crippen molar-refractivity contribution in [2.24, 2.45) is 7.05 Å². The summed E-state index contributed by atoms with van der Waals surface area (Å²) in [5.41, 5.74) is 1.52. The van der Waals surface area contributed by atoms with Gasteiger partial charge in [-0.25, -0.2) is 9.97 Å². The van der Waals surface area contributed by atoms with Gasteiger partial charge in [-0.3, -0.25) is 18.8 Å². The number of carbonyl (C=O) groups is 1. The van der Waals surface area contributed by atoms with Crippen molar-refractivity contribution in [3.63, 3.8) is 0 Å². The largest absolute Gasteiger partial charge is 0.348 e. The van der Waals surface area contributed by atoms with Crippen LogP contribution in [0.25, 0.3) is 11.2 Å². The molecule has 4 rings (SSSR count). The minimum atomic E-state index is -0.178. The van der Waals surface area contributed by atoms with Crippen molar-refractivity contribution < 1.29 is 4.79 Å². The summed E-state index contributed by atoms with van der Waals surface area (Å²) in [5, 5.41) is 4.28. The van der Waals surface area contributed by atoms with E-state index in [0.29, 0.717) is 48.9 Å². The van der Waals surface area contributed by atoms with Gasteiger partial charge in [0.05, 0.1) is 0 Å². The molecule has 0 bridgehead atoms. The molecule has 0 unspecified atom stereocenters. The second-order valence-corrected chi connectivity index (χ2v) is 6.48. The van der Waals surface area contributed by atoms with E-state index in [2.05, 4.69) is 15.1 Å². The van der Waals surface area contributed by atoms with Crippen molar-refractivity contribution >= 4 is 22.9 Å². The van der Waals surface area contributed by atoms with E-state index in [9.17, 15) is 9.59 Å². The number of hydrogen-bond donors (Lipinski definition) is 0. The molecule has 4 heterocycles. The summed E-state index contributed by atoms with van der Waals surface area (Å²) in [4.78, 5) is 37.7. The maximum Gasteiger partial charge on any atom is 0.294 e. The van der Waals surface area contributed by atoms with Gasteiger partial charge in [0.25, 0.3) is 11.5 Å². The molecule has 3 aromatic heterocycles. The molecule has 27 heavy (non-hydrogen) atoms. The summed E-state index contributed by atoms with van der Waals surface area (Å²) in [6.07, 6.45) is 3.45. The zero-order valence-electron chi connectivity index (χ0n) is 15.4. The highest BCUT2D eigenvalue weighted by molar-refractivity contribution is 5.92. The lowest BCUT2D eigenvalue weighted by Crippen LogP contribution is -2.50. The molecule has 0 aliphatic carbocycles. The molecule has 0 saturated carbocycles. The third kappa shape index (κ3) is 3.05. The number of amides is 1. The van der Waals surface area contributed by atoms with Crippen LogP contribution >= 0.6 is 0 Å². The van der Waals surface area contributed by atoms with Crippen molar-refractivity contribution in [2.45, 2.75) is 13.5 Å². The maximum atomic E-state index is 12.7. The Morgan fingerprint density at radius 1 is 1.19 bits per heavy atom. The van der Waals surface area contributed by atoms with Gasteiger partial charge in [-0.05, 0) is 25.1 Å². The highest BCUT2D eigenvalue weighted by Crippen LogP contribution is 2.15. The van der Waals surface area contributed by atoms with Gasteiger partial charge in [-0.1, -0.05) is 0 Å². The highest BCUT2D eigenvalue weighted by Gasteiger charge is 2.26. The van der Waals surface area contributed by atoms with Crippen molar-refractivity contribution in [2.75, 3.05) is 31.1 Å². The standard InChI is InChI=1S/C18H21N7O2/c1-3-25-8-6-14(21-25)17(26)24-11-9-23(10-12-24)16-18(27)22(2)15-13(20-16)5-4-7-19-15/h4-8H,3,9-12H2,1-2H3. The number of hydrogen-bond acceptors (Lipinski definition) is 6. The average Bonchev–Trinajstić information content (AvgIpc) is 3.20. The number of aryl methyl sites for hydroxylation is 2. The van der Waals surface area contributed by atoms with Crippen molar-refractivity contribution in [3.05, 3.63) is 46.6 Å². The van der Waals surface area contributed by atoms with E-state index < -0.39 is 0 Å². The van der Waals surface area contributed by atoms with E-state index in [1.165, 1.54) is 4.57 Å². The quantitative estimate of drug-likeness (QED) is 0.670. The highest BCUT2D eigenvalue weighted by atomic mass is 16.2. The molecule has 1 saturated heterocycles. The number of nitrogens with zero attached hydrogens (tertiary/aromatic N) is 7. The predicted molar refractivity (Wildman–Crippen MR) is 101 cm³/mol. The van der Waals surface area contributed by atoms with Crippen LogP contribution in [0.4, 0.5) is 5.82 Å². The van der Waals surface area contributed by atoms with Gasteiger partial charge in [-0.2, -0.15) is 5.10 Å². The summed E-state index contributed by atoms with van der Waals surface area (Å²) in [6, 6.07) is 5.39. The third-order valence-corrected chi connectivity index (χ3v) is 4.86. The summed E-state index contributed by atoms with van der Waals surface area (Å²) < 4.78 is 3.26. The Hall–Kier alpha value is -3.23. The molecule has 9 nitrogen and oxygen atoms in total. The van der Waals surface area contributed by atoms with Gasteiger partial charge in [0.2, 0.25) is 0 Å². The predicted octanol–water partition coefficient (Wildman–Crippen LogP) is 0.507. The van der Waals surface area contributed by atoms with Crippen LogP contribution in [0.5, 0.6) is 0 Å². The van der Waals surface area contributed by atoms with E-state index in [-0.39, 0.29) is 11.5 Å². The SMILES string of the molecule is CCn1ccc(C(=O)N2CCN(c3nc4cccnc4n(C)c3=O)CC2)n1. The molecule has 1 amide bonds. The third-order valence-electron chi connectivity index (χ3n) is 4.86. The second kappa shape index (κ2) is 6.82. The smallest absolute Gasteiger partial charge is 0.294 e. The zero-order chi connectivity index (χ0) is 19.0. The summed E-state index contributed by atoms with van der Waals surface area (Å²) >= 11 is 0. The van der Waals surface area contributed by atoms with Crippen LogP contribution in [0.1, 0.15) is 17.4 Å². The van der Waals surface area contributed by atoms with Crippen LogP contribution in [0.2, 0.25) is 0 Å². The molecule has 1 aliphatic heterocycles. The summed E-state index contributed by atoms with van der Waals surface area (Å²) in [7, 11) is 1.70. The van der Waals surface area contributed by atoms with Crippen LogP contribution in [0.15, 0.2) is 35.4 Å². The Balaban J connectivity index is 1.52. The molecule has 9 heteroatoms. The Morgan fingerprint density at radius 2 is 1.96 bits per heavy atom. The molecule has 1 aliphatic rings. The number of anilines is 1. The molecule has 0 spiro atoms. The van der Waals surface area contributed by atoms with E-state index >= 15 is 0 Å². The van der Waals surface area contributed by atoms with Crippen molar-refractivity contribution in [3.8, 4) is 0 Å². The van der Waals surface area contributed by atoms with E-state index in [1.54, 1.807) is 41.2 Å². The Kier molecular flexibility index (Phi) is 4.35. The Bertz CT molecular complexity index is 1050. The monoisotopic (exact) mass is 367 g/mol. The first-order valence-corrected chi connectivity index (χ1v) is 8.98. The minimum absolute atomic E-state index is 0.0783. The number of piperazine rings is 1. The number of carbonyl (C=O) groups excluding carboxylic acids is 1. The molecule has 0 N–H and O–H groups in total. The fourth-order valence-corrected chi connectivity index (χ4v) is 3.28.